The molecule has 8 heteroatoms. The highest BCUT2D eigenvalue weighted by atomic mass is 32.2. The fraction of sp³-hybridized carbons (Fsp3) is 0.143. The Morgan fingerprint density at radius 3 is 2.50 bits per heavy atom. The maximum absolute atomic E-state index is 12.4. The third-order valence-electron chi connectivity index (χ3n) is 3.04. The Balaban J connectivity index is 2.43. The summed E-state index contributed by atoms with van der Waals surface area (Å²) in [4.78, 5) is 11.0. The van der Waals surface area contributed by atoms with Crippen LogP contribution in [0.2, 0.25) is 0 Å². The van der Waals surface area contributed by atoms with Crippen LogP contribution in [0.15, 0.2) is 52.3 Å². The third kappa shape index (κ3) is 3.40. The summed E-state index contributed by atoms with van der Waals surface area (Å²) in [7, 11) is -3.89. The first-order chi connectivity index (χ1) is 10.3. The van der Waals surface area contributed by atoms with Gasteiger partial charge in [-0.3, -0.25) is 14.8 Å². The molecule has 0 spiro atoms. The van der Waals surface area contributed by atoms with Gasteiger partial charge in [0, 0.05) is 16.5 Å². The largest absolute Gasteiger partial charge is 0.278 e. The molecule has 0 saturated heterocycles. The number of aryl methyl sites for hydroxylation is 1. The first kappa shape index (κ1) is 16.3. The van der Waals surface area contributed by atoms with E-state index in [4.69, 9.17) is 0 Å². The van der Waals surface area contributed by atoms with Crippen LogP contribution in [0.5, 0.6) is 0 Å². The lowest BCUT2D eigenvalue weighted by Gasteiger charge is -2.11. The lowest BCUT2D eigenvalue weighted by atomic mass is 10.2. The van der Waals surface area contributed by atoms with E-state index in [0.717, 1.165) is 11.0 Å². The summed E-state index contributed by atoms with van der Waals surface area (Å²) in [5.41, 5.74) is 0.632. The number of rotatable bonds is 5. The summed E-state index contributed by atoms with van der Waals surface area (Å²) >= 11 is 1.41. The maximum Gasteiger partial charge on any atom is 0.273 e. The van der Waals surface area contributed by atoms with Crippen LogP contribution in [0.3, 0.4) is 0 Å². The minimum Gasteiger partial charge on any atom is -0.278 e. The summed E-state index contributed by atoms with van der Waals surface area (Å²) in [6.45, 7) is 1.56. The van der Waals surface area contributed by atoms with Gasteiger partial charge in [-0.05, 0) is 31.4 Å². The highest BCUT2D eigenvalue weighted by Crippen LogP contribution is 2.28. The number of sulfonamides is 1. The number of nitrogens with zero attached hydrogens (tertiary/aromatic N) is 1. The molecule has 0 aliphatic carbocycles. The van der Waals surface area contributed by atoms with Gasteiger partial charge in [-0.1, -0.05) is 18.2 Å². The molecule has 2 rings (SSSR count). The summed E-state index contributed by atoms with van der Waals surface area (Å²) in [6, 6.07) is 10.8. The summed E-state index contributed by atoms with van der Waals surface area (Å²) in [6.07, 6.45) is 1.84. The third-order valence-corrected chi connectivity index (χ3v) is 5.20. The van der Waals surface area contributed by atoms with E-state index < -0.39 is 14.9 Å². The lowest BCUT2D eigenvalue weighted by molar-refractivity contribution is -0.385. The van der Waals surface area contributed by atoms with Gasteiger partial charge in [-0.2, -0.15) is 0 Å². The Morgan fingerprint density at radius 2 is 1.86 bits per heavy atom. The highest BCUT2D eigenvalue weighted by molar-refractivity contribution is 7.99. The van der Waals surface area contributed by atoms with Gasteiger partial charge in [0.25, 0.3) is 15.7 Å². The number of para-hydroxylation sites is 1. The van der Waals surface area contributed by atoms with Gasteiger partial charge < -0.3 is 0 Å². The van der Waals surface area contributed by atoms with E-state index in [1.807, 2.05) is 6.26 Å². The molecule has 6 nitrogen and oxygen atoms in total. The molecule has 2 aromatic carbocycles. The zero-order chi connectivity index (χ0) is 16.3. The fourth-order valence-corrected chi connectivity index (χ4v) is 3.60. The Hall–Kier alpha value is -2.06. The highest BCUT2D eigenvalue weighted by Gasteiger charge is 2.20. The van der Waals surface area contributed by atoms with Gasteiger partial charge in [0.1, 0.15) is 0 Å². The van der Waals surface area contributed by atoms with E-state index in [0.29, 0.717) is 11.3 Å². The van der Waals surface area contributed by atoms with Crippen molar-refractivity contribution in [3.63, 3.8) is 0 Å². The topological polar surface area (TPSA) is 89.3 Å². The van der Waals surface area contributed by atoms with Crippen LogP contribution in [0.1, 0.15) is 5.56 Å². The van der Waals surface area contributed by atoms with E-state index in [-0.39, 0.29) is 10.6 Å². The number of hydrogen-bond donors (Lipinski definition) is 1. The van der Waals surface area contributed by atoms with Crippen LogP contribution in [0, 0.1) is 17.0 Å². The van der Waals surface area contributed by atoms with Crippen molar-refractivity contribution in [3.05, 3.63) is 58.1 Å². The van der Waals surface area contributed by atoms with Crippen LogP contribution in [0.4, 0.5) is 11.4 Å². The normalized spacial score (nSPS) is 11.2. The Kier molecular flexibility index (Phi) is 4.72. The van der Waals surface area contributed by atoms with Crippen molar-refractivity contribution >= 4 is 33.2 Å². The Bertz CT molecular complexity index is 819. The van der Waals surface area contributed by atoms with E-state index >= 15 is 0 Å². The van der Waals surface area contributed by atoms with Gasteiger partial charge in [0.2, 0.25) is 0 Å². The standard InChI is InChI=1S/C14H14N2O4S2/c1-10-7-8-11(9-13(10)16(17)18)22(19,20)15-12-5-3-4-6-14(12)21-2/h3-9,15H,1-2H3. The number of thioether (sulfide) groups is 1. The van der Waals surface area contributed by atoms with Crippen molar-refractivity contribution in [2.45, 2.75) is 16.7 Å². The Labute approximate surface area is 132 Å². The molecule has 0 amide bonds. The molecule has 1 N–H and O–H groups in total. The van der Waals surface area contributed by atoms with E-state index in [1.165, 1.54) is 23.9 Å². The van der Waals surface area contributed by atoms with Gasteiger partial charge in [-0.25, -0.2) is 8.42 Å². The van der Waals surface area contributed by atoms with Crippen molar-refractivity contribution in [2.24, 2.45) is 0 Å². The molecule has 0 bridgehead atoms. The molecule has 0 unspecified atom stereocenters. The van der Waals surface area contributed by atoms with Crippen molar-refractivity contribution in [1.82, 2.24) is 0 Å². The Morgan fingerprint density at radius 1 is 1.18 bits per heavy atom. The van der Waals surface area contributed by atoms with Crippen LogP contribution in [-0.2, 0) is 10.0 Å². The van der Waals surface area contributed by atoms with Gasteiger partial charge in [-0.15, -0.1) is 11.8 Å². The minimum atomic E-state index is -3.89. The molecule has 22 heavy (non-hydrogen) atoms. The molecule has 0 radical (unpaired) electrons. The number of benzene rings is 2. The first-order valence-corrected chi connectivity index (χ1v) is 8.97. The van der Waals surface area contributed by atoms with Crippen molar-refractivity contribution in [3.8, 4) is 0 Å². The predicted molar refractivity (Wildman–Crippen MR) is 86.9 cm³/mol. The molecular weight excluding hydrogens is 324 g/mol. The fourth-order valence-electron chi connectivity index (χ4n) is 1.89. The smallest absolute Gasteiger partial charge is 0.273 e. The first-order valence-electron chi connectivity index (χ1n) is 6.26. The number of hydrogen-bond acceptors (Lipinski definition) is 5. The molecule has 116 valence electrons. The van der Waals surface area contributed by atoms with E-state index in [2.05, 4.69) is 4.72 Å². The molecule has 0 aromatic heterocycles. The second kappa shape index (κ2) is 6.37. The molecule has 0 atom stereocenters. The quantitative estimate of drug-likeness (QED) is 0.512. The summed E-state index contributed by atoms with van der Waals surface area (Å²) < 4.78 is 27.3. The predicted octanol–water partition coefficient (Wildman–Crippen LogP) is 3.43. The molecule has 0 heterocycles. The van der Waals surface area contributed by atoms with Crippen molar-refractivity contribution in [1.29, 1.82) is 0 Å². The number of nitrogens with one attached hydrogen (secondary N) is 1. The molecule has 2 aromatic rings. The zero-order valence-electron chi connectivity index (χ0n) is 11.9. The monoisotopic (exact) mass is 338 g/mol. The second-order valence-electron chi connectivity index (χ2n) is 4.51. The average molecular weight is 338 g/mol. The lowest BCUT2D eigenvalue weighted by Crippen LogP contribution is -2.14. The molecule has 0 aliphatic rings. The molecule has 0 fully saturated rings. The van der Waals surface area contributed by atoms with Crippen molar-refractivity contribution < 1.29 is 13.3 Å². The van der Waals surface area contributed by atoms with Gasteiger partial charge >= 0.3 is 0 Å². The summed E-state index contributed by atoms with van der Waals surface area (Å²) in [5.74, 6) is 0. The van der Waals surface area contributed by atoms with E-state index in [1.54, 1.807) is 31.2 Å². The van der Waals surface area contributed by atoms with Crippen LogP contribution >= 0.6 is 11.8 Å². The molecule has 0 aliphatic heterocycles. The summed E-state index contributed by atoms with van der Waals surface area (Å²) in [5, 5.41) is 10.9. The van der Waals surface area contributed by atoms with E-state index in [9.17, 15) is 18.5 Å². The van der Waals surface area contributed by atoms with Crippen LogP contribution < -0.4 is 4.72 Å². The zero-order valence-corrected chi connectivity index (χ0v) is 13.6. The van der Waals surface area contributed by atoms with Gasteiger partial charge in [0.15, 0.2) is 0 Å². The minimum absolute atomic E-state index is 0.138. The number of nitro benzene ring substituents is 1. The SMILES string of the molecule is CSc1ccccc1NS(=O)(=O)c1ccc(C)c([N+](=O)[O-])c1. The molecular formula is C14H14N2O4S2. The average Bonchev–Trinajstić information content (AvgIpc) is 2.47. The van der Waals surface area contributed by atoms with Gasteiger partial charge in [0.05, 0.1) is 15.5 Å². The van der Waals surface area contributed by atoms with Crippen LogP contribution in [0.25, 0.3) is 0 Å². The number of nitro groups is 1. The van der Waals surface area contributed by atoms with Crippen LogP contribution in [-0.4, -0.2) is 19.6 Å². The maximum atomic E-state index is 12.4. The molecule has 0 saturated carbocycles. The number of anilines is 1. The van der Waals surface area contributed by atoms with Crippen molar-refractivity contribution in [2.75, 3.05) is 11.0 Å². The second-order valence-corrected chi connectivity index (χ2v) is 7.04.